The fraction of sp³-hybridized carbons (Fsp3) is 0.486. The van der Waals surface area contributed by atoms with Crippen molar-refractivity contribution in [3.05, 3.63) is 82.2 Å². The van der Waals surface area contributed by atoms with Crippen LogP contribution in [0.15, 0.2) is 48.5 Å². The van der Waals surface area contributed by atoms with E-state index in [4.69, 9.17) is 14.5 Å². The topological polar surface area (TPSA) is 92.2 Å². The molecule has 0 aliphatic carbocycles. The van der Waals surface area contributed by atoms with Crippen molar-refractivity contribution in [2.45, 2.75) is 92.6 Å². The minimum atomic E-state index is -0.804. The summed E-state index contributed by atoms with van der Waals surface area (Å²) in [5, 5.41) is 11.0. The number of aliphatic hydroxyl groups excluding tert-OH is 1. The first-order valence-electron chi connectivity index (χ1n) is 16.2. The Balaban J connectivity index is 1.50. The number of hydrogen-bond acceptors (Lipinski definition) is 7. The maximum absolute atomic E-state index is 13.0. The Morgan fingerprint density at radius 2 is 1.71 bits per heavy atom. The Hall–Kier alpha value is -3.91. The van der Waals surface area contributed by atoms with E-state index in [2.05, 4.69) is 36.9 Å². The smallest absolute Gasteiger partial charge is 0.410 e. The van der Waals surface area contributed by atoms with Gasteiger partial charge in [-0.15, -0.1) is 0 Å². The van der Waals surface area contributed by atoms with Gasteiger partial charge in [-0.3, -0.25) is 9.78 Å². The van der Waals surface area contributed by atoms with Crippen LogP contribution in [0.1, 0.15) is 87.2 Å². The van der Waals surface area contributed by atoms with Crippen LogP contribution in [-0.4, -0.2) is 52.8 Å². The van der Waals surface area contributed by atoms with Gasteiger partial charge >= 0.3 is 12.1 Å². The molecule has 1 fully saturated rings. The molecule has 1 unspecified atom stereocenters. The normalized spacial score (nSPS) is 16.7. The lowest BCUT2D eigenvalue weighted by molar-refractivity contribution is -0.146. The van der Waals surface area contributed by atoms with Gasteiger partial charge in [-0.2, -0.15) is 0 Å². The van der Waals surface area contributed by atoms with Gasteiger partial charge in [0.15, 0.2) is 0 Å². The van der Waals surface area contributed by atoms with E-state index in [0.717, 1.165) is 70.7 Å². The molecule has 0 bridgehead atoms. The summed E-state index contributed by atoms with van der Waals surface area (Å²) in [5.74, 6) is -0.283. The zero-order chi connectivity index (χ0) is 32.3. The molecule has 3 heterocycles. The molecule has 0 spiro atoms. The van der Waals surface area contributed by atoms with Gasteiger partial charge in [-0.1, -0.05) is 62.4 Å². The molecule has 1 aromatic heterocycles. The molecule has 2 aliphatic rings. The Bertz CT molecular complexity index is 1520. The van der Waals surface area contributed by atoms with E-state index in [9.17, 15) is 14.7 Å². The Kier molecular flexibility index (Phi) is 9.82. The number of aryl methyl sites for hydroxylation is 1. The van der Waals surface area contributed by atoms with Gasteiger partial charge in [-0.25, -0.2) is 4.79 Å². The van der Waals surface area contributed by atoms with Gasteiger partial charge < -0.3 is 24.4 Å². The molecule has 0 saturated carbocycles. The second-order valence-electron chi connectivity index (χ2n) is 13.5. The molecule has 1 N–H and O–H groups in total. The summed E-state index contributed by atoms with van der Waals surface area (Å²) >= 11 is 0. The van der Waals surface area contributed by atoms with Crippen LogP contribution in [0, 0.1) is 12.3 Å². The summed E-state index contributed by atoms with van der Waals surface area (Å²) in [6.07, 6.45) is 1.51. The highest BCUT2D eigenvalue weighted by Gasteiger charge is 2.32. The fourth-order valence-corrected chi connectivity index (χ4v) is 6.35. The van der Waals surface area contributed by atoms with Crippen LogP contribution in [-0.2, 0) is 40.3 Å². The SMILES string of the molecule is Cc1nc(C(C)O)c(-c2ccc3c(c2)CCN(C(=O)OCc2ccccc2)C3)c(N2CCC(C)(C)CC2)c1CC(=O)OC(C)C. The molecule has 5 rings (SSSR count). The largest absolute Gasteiger partial charge is 0.463 e. The summed E-state index contributed by atoms with van der Waals surface area (Å²) in [6.45, 7) is 14.9. The molecule has 8 heteroatoms. The van der Waals surface area contributed by atoms with Gasteiger partial charge in [0.2, 0.25) is 0 Å². The lowest BCUT2D eigenvalue weighted by Crippen LogP contribution is -2.38. The first-order chi connectivity index (χ1) is 21.4. The zero-order valence-corrected chi connectivity index (χ0v) is 27.6. The number of amides is 1. The molecule has 1 atom stereocenters. The fourth-order valence-electron chi connectivity index (χ4n) is 6.35. The van der Waals surface area contributed by atoms with Crippen molar-refractivity contribution < 1.29 is 24.2 Å². The number of ether oxygens (including phenoxy) is 2. The summed E-state index contributed by atoms with van der Waals surface area (Å²) in [4.78, 5) is 35.0. The van der Waals surface area contributed by atoms with Crippen molar-refractivity contribution in [1.29, 1.82) is 0 Å². The number of aromatic nitrogens is 1. The van der Waals surface area contributed by atoms with E-state index < -0.39 is 6.10 Å². The molecule has 2 aromatic carbocycles. The maximum atomic E-state index is 13.0. The Labute approximate surface area is 267 Å². The number of esters is 1. The lowest BCUT2D eigenvalue weighted by atomic mass is 9.81. The Morgan fingerprint density at radius 3 is 2.38 bits per heavy atom. The number of carbonyl (C=O) groups is 2. The van der Waals surface area contributed by atoms with Crippen LogP contribution >= 0.6 is 0 Å². The minimum Gasteiger partial charge on any atom is -0.463 e. The predicted octanol–water partition coefficient (Wildman–Crippen LogP) is 6.93. The third-order valence-electron chi connectivity index (χ3n) is 8.99. The van der Waals surface area contributed by atoms with E-state index in [1.165, 1.54) is 0 Å². The average molecular weight is 614 g/mol. The van der Waals surface area contributed by atoms with Crippen LogP contribution in [0.2, 0.25) is 0 Å². The van der Waals surface area contributed by atoms with Crippen molar-refractivity contribution in [3.8, 4) is 11.1 Å². The highest BCUT2D eigenvalue weighted by molar-refractivity contribution is 5.87. The van der Waals surface area contributed by atoms with Gasteiger partial charge in [0, 0.05) is 43.0 Å². The molecule has 1 amide bonds. The summed E-state index contributed by atoms with van der Waals surface area (Å²) in [7, 11) is 0. The number of benzene rings is 2. The summed E-state index contributed by atoms with van der Waals surface area (Å²) in [6, 6.07) is 16.0. The number of anilines is 1. The molecule has 3 aromatic rings. The molecule has 45 heavy (non-hydrogen) atoms. The number of nitrogens with zero attached hydrogens (tertiary/aromatic N) is 3. The van der Waals surface area contributed by atoms with E-state index in [1.54, 1.807) is 11.8 Å². The number of pyridine rings is 1. The van der Waals surface area contributed by atoms with Crippen LogP contribution in [0.25, 0.3) is 11.1 Å². The average Bonchev–Trinajstić information content (AvgIpc) is 3.00. The second-order valence-corrected chi connectivity index (χ2v) is 13.5. The van der Waals surface area contributed by atoms with E-state index in [-0.39, 0.29) is 36.6 Å². The molecular formula is C37H47N3O5. The van der Waals surface area contributed by atoms with Crippen molar-refractivity contribution in [1.82, 2.24) is 9.88 Å². The third-order valence-corrected chi connectivity index (χ3v) is 8.99. The van der Waals surface area contributed by atoms with Gasteiger partial charge in [0.05, 0.1) is 30.0 Å². The van der Waals surface area contributed by atoms with Gasteiger partial charge in [0.25, 0.3) is 0 Å². The number of fused-ring (bicyclic) bond motifs is 1. The summed E-state index contributed by atoms with van der Waals surface area (Å²) < 4.78 is 11.2. The first-order valence-corrected chi connectivity index (χ1v) is 16.2. The second kappa shape index (κ2) is 13.6. The molecule has 2 aliphatic heterocycles. The maximum Gasteiger partial charge on any atom is 0.410 e. The summed E-state index contributed by atoms with van der Waals surface area (Å²) in [5.41, 5.74) is 8.41. The quantitative estimate of drug-likeness (QED) is 0.276. The van der Waals surface area contributed by atoms with Crippen LogP contribution in [0.3, 0.4) is 0 Å². The molecule has 0 radical (unpaired) electrons. The van der Waals surface area contributed by atoms with E-state index >= 15 is 0 Å². The van der Waals surface area contributed by atoms with Crippen molar-refractivity contribution in [3.63, 3.8) is 0 Å². The van der Waals surface area contributed by atoms with Crippen molar-refractivity contribution in [2.75, 3.05) is 24.5 Å². The lowest BCUT2D eigenvalue weighted by Gasteiger charge is -2.40. The van der Waals surface area contributed by atoms with Crippen molar-refractivity contribution >= 4 is 17.7 Å². The van der Waals surface area contributed by atoms with Gasteiger partial charge in [-0.05, 0) is 74.6 Å². The van der Waals surface area contributed by atoms with Crippen LogP contribution < -0.4 is 4.90 Å². The third kappa shape index (κ3) is 7.67. The zero-order valence-electron chi connectivity index (χ0n) is 27.6. The highest BCUT2D eigenvalue weighted by Crippen LogP contribution is 2.44. The number of hydrogen-bond donors (Lipinski definition) is 1. The predicted molar refractivity (Wildman–Crippen MR) is 176 cm³/mol. The van der Waals surface area contributed by atoms with Crippen molar-refractivity contribution in [2.24, 2.45) is 5.41 Å². The minimum absolute atomic E-state index is 0.115. The van der Waals surface area contributed by atoms with E-state index in [0.29, 0.717) is 25.2 Å². The van der Waals surface area contributed by atoms with E-state index in [1.807, 2.05) is 51.1 Å². The molecule has 1 saturated heterocycles. The van der Waals surface area contributed by atoms with Crippen LogP contribution in [0.5, 0.6) is 0 Å². The Morgan fingerprint density at radius 1 is 1.00 bits per heavy atom. The van der Waals surface area contributed by atoms with Gasteiger partial charge in [0.1, 0.15) is 6.61 Å². The number of carbonyl (C=O) groups excluding carboxylic acids is 2. The molecule has 240 valence electrons. The standard InChI is InChI=1S/C37H47N3O5/c1-24(2)45-32(42)21-31-25(3)38-34(26(4)41)33(35(31)39-18-15-37(5,6)16-19-39)29-12-13-30-22-40(17-14-28(30)20-29)36(43)44-23-27-10-8-7-9-11-27/h7-13,20,24,26,41H,14-19,21-23H2,1-6H3. The first kappa shape index (κ1) is 32.5. The molecule has 8 nitrogen and oxygen atoms in total. The number of aliphatic hydroxyl groups is 1. The monoisotopic (exact) mass is 613 g/mol. The number of piperidine rings is 1. The highest BCUT2D eigenvalue weighted by atomic mass is 16.6. The number of rotatable bonds is 8. The molecular weight excluding hydrogens is 566 g/mol. The van der Waals surface area contributed by atoms with Crippen LogP contribution in [0.4, 0.5) is 10.5 Å².